The van der Waals surface area contributed by atoms with Gasteiger partial charge in [0.25, 0.3) is 5.91 Å². The van der Waals surface area contributed by atoms with Crippen LogP contribution in [0.1, 0.15) is 23.1 Å². The third kappa shape index (κ3) is 4.56. The fourth-order valence-corrected chi connectivity index (χ4v) is 4.23. The Morgan fingerprint density at radius 1 is 1.12 bits per heavy atom. The molecule has 1 unspecified atom stereocenters. The largest absolute Gasteiger partial charge is 0.435 e. The number of halogens is 2. The highest BCUT2D eigenvalue weighted by Crippen LogP contribution is 2.33. The molecule has 9 heteroatoms. The van der Waals surface area contributed by atoms with E-state index in [1.165, 1.54) is 17.7 Å². The zero-order chi connectivity index (χ0) is 22.7. The topological polar surface area (TPSA) is 87.7 Å². The predicted molar refractivity (Wildman–Crippen MR) is 111 cm³/mol. The second kappa shape index (κ2) is 8.94. The van der Waals surface area contributed by atoms with Gasteiger partial charge < -0.3 is 15.4 Å². The molecule has 2 N–H and O–H groups in total. The van der Waals surface area contributed by atoms with Crippen LogP contribution in [0.3, 0.4) is 0 Å². The van der Waals surface area contributed by atoms with Gasteiger partial charge in [0.05, 0.1) is 0 Å². The molecule has 1 aliphatic heterocycles. The molecule has 2 aromatic rings. The predicted octanol–water partition coefficient (Wildman–Crippen LogP) is 2.43. The number of carbonyl (C=O) groups excluding carboxylic acids is 3. The van der Waals surface area contributed by atoms with Crippen molar-refractivity contribution in [1.29, 1.82) is 0 Å². The zero-order valence-corrected chi connectivity index (χ0v) is 17.3. The number of nitrogens with one attached hydrogen (secondary N) is 2. The summed E-state index contributed by atoms with van der Waals surface area (Å²) in [4.78, 5) is 38.8. The highest BCUT2D eigenvalue weighted by atomic mass is 19.3. The Morgan fingerprint density at radius 3 is 2.56 bits per heavy atom. The summed E-state index contributed by atoms with van der Waals surface area (Å²) >= 11 is 0. The molecule has 0 radical (unpaired) electrons. The van der Waals surface area contributed by atoms with E-state index < -0.39 is 24.1 Å². The number of urea groups is 1. The molecule has 1 spiro atoms. The third-order valence-electron chi connectivity index (χ3n) is 5.86. The second-order valence-electron chi connectivity index (χ2n) is 7.97. The molecule has 1 aliphatic carbocycles. The smallest absolute Gasteiger partial charge is 0.387 e. The number of hydrogen-bond acceptors (Lipinski definition) is 4. The van der Waals surface area contributed by atoms with Gasteiger partial charge in [0.15, 0.2) is 0 Å². The van der Waals surface area contributed by atoms with Crippen molar-refractivity contribution in [3.05, 3.63) is 65.2 Å². The summed E-state index contributed by atoms with van der Waals surface area (Å²) in [5.41, 5.74) is 2.03. The number of aryl methyl sites for hydroxylation is 1. The van der Waals surface area contributed by atoms with Gasteiger partial charge in [-0.2, -0.15) is 8.78 Å². The molecule has 2 aromatic carbocycles. The number of alkyl halides is 2. The van der Waals surface area contributed by atoms with Gasteiger partial charge in [-0.25, -0.2) is 4.79 Å². The molecule has 7 nitrogen and oxygen atoms in total. The maximum absolute atomic E-state index is 13.0. The Labute approximate surface area is 183 Å². The maximum atomic E-state index is 13.0. The van der Waals surface area contributed by atoms with E-state index in [4.69, 9.17) is 0 Å². The Morgan fingerprint density at radius 2 is 1.84 bits per heavy atom. The van der Waals surface area contributed by atoms with Gasteiger partial charge >= 0.3 is 12.6 Å². The number of nitrogens with zero attached hydrogens (tertiary/aromatic N) is 1. The van der Waals surface area contributed by atoms with Crippen molar-refractivity contribution in [1.82, 2.24) is 15.5 Å². The van der Waals surface area contributed by atoms with Gasteiger partial charge in [-0.1, -0.05) is 36.4 Å². The van der Waals surface area contributed by atoms with Crippen LogP contribution in [0.25, 0.3) is 0 Å². The van der Waals surface area contributed by atoms with Crippen LogP contribution < -0.4 is 15.4 Å². The lowest BCUT2D eigenvalue weighted by atomic mass is 9.78. The first kappa shape index (κ1) is 21.7. The fourth-order valence-electron chi connectivity index (χ4n) is 4.23. The number of imide groups is 1. The highest BCUT2D eigenvalue weighted by Gasteiger charge is 2.52. The van der Waals surface area contributed by atoms with Crippen molar-refractivity contribution in [2.75, 3.05) is 13.1 Å². The van der Waals surface area contributed by atoms with Crippen LogP contribution in [0.15, 0.2) is 48.5 Å². The van der Waals surface area contributed by atoms with Crippen molar-refractivity contribution < 1.29 is 27.9 Å². The van der Waals surface area contributed by atoms with Gasteiger partial charge in [-0.05, 0) is 48.1 Å². The van der Waals surface area contributed by atoms with Crippen LogP contribution >= 0.6 is 0 Å². The SMILES string of the molecule is O=C(CN1C(=O)NC2(CCc3ccccc3C2)C1=O)NCCc1ccc(OC(F)F)cc1. The van der Waals surface area contributed by atoms with E-state index in [2.05, 4.69) is 15.4 Å². The maximum Gasteiger partial charge on any atom is 0.387 e. The number of ether oxygens (including phenoxy) is 1. The molecule has 1 atom stereocenters. The van der Waals surface area contributed by atoms with Crippen LogP contribution in [0.2, 0.25) is 0 Å². The molecule has 2 aliphatic rings. The zero-order valence-electron chi connectivity index (χ0n) is 17.3. The van der Waals surface area contributed by atoms with Gasteiger partial charge in [0, 0.05) is 13.0 Å². The lowest BCUT2D eigenvalue weighted by molar-refractivity contribution is -0.135. The highest BCUT2D eigenvalue weighted by molar-refractivity contribution is 6.09. The van der Waals surface area contributed by atoms with Crippen LogP contribution in [-0.4, -0.2) is 48.0 Å². The number of amides is 4. The fraction of sp³-hybridized carbons (Fsp3) is 0.348. The molecule has 1 saturated heterocycles. The average molecular weight is 443 g/mol. The number of hydrogen-bond donors (Lipinski definition) is 2. The lowest BCUT2D eigenvalue weighted by Gasteiger charge is -2.32. The van der Waals surface area contributed by atoms with E-state index in [1.807, 2.05) is 24.3 Å². The number of fused-ring (bicyclic) bond motifs is 1. The lowest BCUT2D eigenvalue weighted by Crippen LogP contribution is -2.51. The van der Waals surface area contributed by atoms with Crippen LogP contribution in [0, 0.1) is 0 Å². The van der Waals surface area contributed by atoms with Crippen molar-refractivity contribution in [3.8, 4) is 5.75 Å². The standard InChI is InChI=1S/C23H23F2N3O4/c24-21(25)32-18-7-5-15(6-8-18)10-12-26-19(29)14-28-20(30)23(27-22(28)31)11-9-16-3-1-2-4-17(16)13-23/h1-8,21H,9-14H2,(H,26,29)(H,27,31). The molecule has 1 fully saturated rings. The molecular weight excluding hydrogens is 420 g/mol. The molecule has 4 rings (SSSR count). The van der Waals surface area contributed by atoms with Crippen molar-refractivity contribution in [3.63, 3.8) is 0 Å². The number of rotatable bonds is 7. The van der Waals surface area contributed by atoms with Crippen molar-refractivity contribution >= 4 is 17.8 Å². The summed E-state index contributed by atoms with van der Waals surface area (Å²) in [6.07, 6.45) is 2.06. The third-order valence-corrected chi connectivity index (χ3v) is 5.86. The molecule has 168 valence electrons. The minimum Gasteiger partial charge on any atom is -0.435 e. The first-order chi connectivity index (χ1) is 15.4. The monoisotopic (exact) mass is 443 g/mol. The van der Waals surface area contributed by atoms with Crippen molar-refractivity contribution in [2.24, 2.45) is 0 Å². The summed E-state index contributed by atoms with van der Waals surface area (Å²) in [6, 6.07) is 13.4. The Balaban J connectivity index is 1.29. The van der Waals surface area contributed by atoms with E-state index in [0.29, 0.717) is 25.7 Å². The molecular formula is C23H23F2N3O4. The Kier molecular flexibility index (Phi) is 6.07. The summed E-state index contributed by atoms with van der Waals surface area (Å²) < 4.78 is 28.7. The average Bonchev–Trinajstić information content (AvgIpc) is 2.98. The quantitative estimate of drug-likeness (QED) is 0.644. The number of carbonyl (C=O) groups is 3. The van der Waals surface area contributed by atoms with Crippen LogP contribution in [-0.2, 0) is 28.9 Å². The Hall–Kier alpha value is -3.49. The second-order valence-corrected chi connectivity index (χ2v) is 7.97. The summed E-state index contributed by atoms with van der Waals surface area (Å²) in [5, 5.41) is 5.50. The van der Waals surface area contributed by atoms with Gasteiger partial charge in [-0.15, -0.1) is 0 Å². The van der Waals surface area contributed by atoms with Gasteiger partial charge in [-0.3, -0.25) is 14.5 Å². The number of benzene rings is 2. The molecule has 0 saturated carbocycles. The van der Waals surface area contributed by atoms with E-state index in [9.17, 15) is 23.2 Å². The van der Waals surface area contributed by atoms with E-state index in [0.717, 1.165) is 16.0 Å². The molecule has 0 bridgehead atoms. The van der Waals surface area contributed by atoms with E-state index in [1.54, 1.807) is 12.1 Å². The summed E-state index contributed by atoms with van der Waals surface area (Å²) in [7, 11) is 0. The molecule has 4 amide bonds. The minimum absolute atomic E-state index is 0.0607. The first-order valence-electron chi connectivity index (χ1n) is 10.4. The van der Waals surface area contributed by atoms with Gasteiger partial charge in [0.1, 0.15) is 17.8 Å². The molecule has 32 heavy (non-hydrogen) atoms. The first-order valence-corrected chi connectivity index (χ1v) is 10.4. The normalized spacial score (nSPS) is 19.8. The minimum atomic E-state index is -2.88. The van der Waals surface area contributed by atoms with E-state index in [-0.39, 0.29) is 24.7 Å². The van der Waals surface area contributed by atoms with Crippen LogP contribution in [0.4, 0.5) is 13.6 Å². The summed E-state index contributed by atoms with van der Waals surface area (Å²) in [6.45, 7) is -2.96. The van der Waals surface area contributed by atoms with Crippen molar-refractivity contribution in [2.45, 2.75) is 37.8 Å². The molecule has 1 heterocycles. The van der Waals surface area contributed by atoms with Crippen LogP contribution in [0.5, 0.6) is 5.75 Å². The summed E-state index contributed by atoms with van der Waals surface area (Å²) in [5.74, 6) is -0.758. The van der Waals surface area contributed by atoms with Gasteiger partial charge in [0.2, 0.25) is 5.91 Å². The molecule has 0 aromatic heterocycles. The van der Waals surface area contributed by atoms with E-state index >= 15 is 0 Å². The Bertz CT molecular complexity index is 1030.